The van der Waals surface area contributed by atoms with Crippen LogP contribution in [0.4, 0.5) is 0 Å². The Kier molecular flexibility index (Phi) is 8.84. The van der Waals surface area contributed by atoms with Crippen LogP contribution in [-0.2, 0) is 4.43 Å². The van der Waals surface area contributed by atoms with E-state index in [0.29, 0.717) is 0 Å². The highest BCUT2D eigenvalue weighted by Crippen LogP contribution is 1.95. The van der Waals surface area contributed by atoms with Crippen molar-refractivity contribution in [3.63, 3.8) is 0 Å². The topological polar surface area (TPSA) is 9.23 Å². The van der Waals surface area contributed by atoms with Crippen molar-refractivity contribution in [3.05, 3.63) is 12.2 Å². The molecule has 2 heteroatoms. The van der Waals surface area contributed by atoms with Crippen LogP contribution in [0.2, 0.25) is 0 Å². The fourth-order valence-electron chi connectivity index (χ4n) is 0.685. The largest absolute Gasteiger partial charge is 0.418 e. The number of allylic oxidation sites excluding steroid dienone is 1. The zero-order valence-electron chi connectivity index (χ0n) is 6.60. The van der Waals surface area contributed by atoms with E-state index in [4.69, 9.17) is 4.43 Å². The standard InChI is InChI=1S/C8H15OSi/c1-2-3-4-5-6-7-8-9-10/h5-6H,2-4,7-8H2,1H3. The van der Waals surface area contributed by atoms with E-state index in [1.165, 1.54) is 19.3 Å². The summed E-state index contributed by atoms with van der Waals surface area (Å²) in [5.74, 6) is 0. The number of unbranched alkanes of at least 4 members (excludes halogenated alkanes) is 2. The molecule has 3 radical (unpaired) electrons. The summed E-state index contributed by atoms with van der Waals surface area (Å²) in [6.07, 6.45) is 9.17. The summed E-state index contributed by atoms with van der Waals surface area (Å²) in [7, 11) is 2.94. The van der Waals surface area contributed by atoms with Gasteiger partial charge in [0.25, 0.3) is 0 Å². The number of hydrogen-bond acceptors (Lipinski definition) is 1. The molecule has 0 saturated heterocycles. The van der Waals surface area contributed by atoms with E-state index in [0.717, 1.165) is 13.0 Å². The Morgan fingerprint density at radius 3 is 2.60 bits per heavy atom. The molecule has 0 aromatic rings. The highest BCUT2D eigenvalue weighted by Gasteiger charge is 1.78. The van der Waals surface area contributed by atoms with Crippen LogP contribution in [0.15, 0.2) is 12.2 Å². The number of hydrogen-bond donors (Lipinski definition) is 0. The van der Waals surface area contributed by atoms with E-state index < -0.39 is 0 Å². The minimum atomic E-state index is 0.763. The molecule has 0 saturated carbocycles. The van der Waals surface area contributed by atoms with Gasteiger partial charge in [-0.15, -0.1) is 0 Å². The van der Waals surface area contributed by atoms with Crippen LogP contribution in [0.5, 0.6) is 0 Å². The van der Waals surface area contributed by atoms with E-state index >= 15 is 0 Å². The maximum atomic E-state index is 4.70. The van der Waals surface area contributed by atoms with Crippen LogP contribution in [0.25, 0.3) is 0 Å². The molecule has 0 aromatic carbocycles. The van der Waals surface area contributed by atoms with Crippen molar-refractivity contribution in [1.82, 2.24) is 0 Å². The molecule has 0 aliphatic carbocycles. The molecule has 0 spiro atoms. The molecule has 1 nitrogen and oxygen atoms in total. The van der Waals surface area contributed by atoms with Gasteiger partial charge in [-0.25, -0.2) is 0 Å². The molecular weight excluding hydrogens is 140 g/mol. The van der Waals surface area contributed by atoms with E-state index in [1.807, 2.05) is 0 Å². The summed E-state index contributed by atoms with van der Waals surface area (Å²) < 4.78 is 4.70. The average Bonchev–Trinajstić information content (AvgIpc) is 1.97. The molecular formula is C8H15OSi. The molecule has 57 valence electrons. The highest BCUT2D eigenvalue weighted by atomic mass is 28.2. The Hall–Kier alpha value is -0.0831. The Morgan fingerprint density at radius 1 is 1.30 bits per heavy atom. The quantitative estimate of drug-likeness (QED) is 0.325. The molecule has 0 rings (SSSR count). The third-order valence-electron chi connectivity index (χ3n) is 1.28. The van der Waals surface area contributed by atoms with E-state index in [2.05, 4.69) is 29.6 Å². The smallest absolute Gasteiger partial charge is 0.246 e. The predicted octanol–water partition coefficient (Wildman–Crippen LogP) is 2.22. The molecule has 0 amide bonds. The van der Waals surface area contributed by atoms with Gasteiger partial charge in [0, 0.05) is 6.61 Å². The van der Waals surface area contributed by atoms with Gasteiger partial charge in [0.1, 0.15) is 0 Å². The predicted molar refractivity (Wildman–Crippen MR) is 45.0 cm³/mol. The fourth-order valence-corrected chi connectivity index (χ4v) is 0.802. The zero-order valence-corrected chi connectivity index (χ0v) is 7.60. The summed E-state index contributed by atoms with van der Waals surface area (Å²) in [5.41, 5.74) is 0. The minimum absolute atomic E-state index is 0.763. The van der Waals surface area contributed by atoms with Crippen molar-refractivity contribution in [2.75, 3.05) is 6.61 Å². The second-order valence-corrected chi connectivity index (χ2v) is 2.54. The average molecular weight is 155 g/mol. The molecule has 0 unspecified atom stereocenters. The molecule has 0 N–H and O–H groups in total. The minimum Gasteiger partial charge on any atom is -0.418 e. The molecule has 0 atom stereocenters. The second kappa shape index (κ2) is 8.92. The summed E-state index contributed by atoms with van der Waals surface area (Å²) in [5, 5.41) is 0. The molecule has 0 bridgehead atoms. The fraction of sp³-hybridized carbons (Fsp3) is 0.750. The lowest BCUT2D eigenvalue weighted by molar-refractivity contribution is 0.357. The van der Waals surface area contributed by atoms with Gasteiger partial charge < -0.3 is 4.43 Å². The van der Waals surface area contributed by atoms with Crippen molar-refractivity contribution < 1.29 is 4.43 Å². The van der Waals surface area contributed by atoms with Gasteiger partial charge >= 0.3 is 0 Å². The maximum absolute atomic E-state index is 4.70. The van der Waals surface area contributed by atoms with Crippen LogP contribution in [0.3, 0.4) is 0 Å². The monoisotopic (exact) mass is 155 g/mol. The second-order valence-electron chi connectivity index (χ2n) is 2.25. The third kappa shape index (κ3) is 7.92. The first kappa shape index (κ1) is 9.92. The SMILES string of the molecule is CCCCC=CCCO[Si]. The van der Waals surface area contributed by atoms with E-state index in [9.17, 15) is 0 Å². The normalized spacial score (nSPS) is 11.0. The summed E-state index contributed by atoms with van der Waals surface area (Å²) >= 11 is 0. The van der Waals surface area contributed by atoms with Gasteiger partial charge in [0.2, 0.25) is 10.5 Å². The Balaban J connectivity index is 2.89. The van der Waals surface area contributed by atoms with E-state index in [-0.39, 0.29) is 0 Å². The van der Waals surface area contributed by atoms with E-state index in [1.54, 1.807) is 0 Å². The van der Waals surface area contributed by atoms with Crippen LogP contribution in [0.1, 0.15) is 32.6 Å². The molecule has 10 heavy (non-hydrogen) atoms. The summed E-state index contributed by atoms with van der Waals surface area (Å²) in [6.45, 7) is 2.97. The van der Waals surface area contributed by atoms with Crippen molar-refractivity contribution in [1.29, 1.82) is 0 Å². The third-order valence-corrected chi connectivity index (χ3v) is 1.48. The van der Waals surface area contributed by atoms with Gasteiger partial charge in [-0.05, 0) is 12.8 Å². The zero-order chi connectivity index (χ0) is 7.66. The number of rotatable bonds is 6. The molecule has 0 aliphatic rings. The van der Waals surface area contributed by atoms with Crippen molar-refractivity contribution in [3.8, 4) is 0 Å². The Labute approximate surface area is 67.0 Å². The van der Waals surface area contributed by atoms with Gasteiger partial charge in [-0.1, -0.05) is 31.9 Å². The van der Waals surface area contributed by atoms with Crippen molar-refractivity contribution >= 4 is 10.5 Å². The first-order valence-corrected chi connectivity index (χ1v) is 4.26. The maximum Gasteiger partial charge on any atom is 0.246 e. The van der Waals surface area contributed by atoms with Crippen LogP contribution >= 0.6 is 0 Å². The molecule has 0 aromatic heterocycles. The molecule has 0 fully saturated rings. The molecule has 0 heterocycles. The summed E-state index contributed by atoms with van der Waals surface area (Å²) in [6, 6.07) is 0. The first-order valence-electron chi connectivity index (χ1n) is 3.85. The Bertz CT molecular complexity index is 71.3. The van der Waals surface area contributed by atoms with Crippen molar-refractivity contribution in [2.24, 2.45) is 0 Å². The molecule has 0 aliphatic heterocycles. The first-order chi connectivity index (χ1) is 4.91. The Morgan fingerprint density at radius 2 is 2.00 bits per heavy atom. The van der Waals surface area contributed by atoms with Crippen LogP contribution in [-0.4, -0.2) is 17.1 Å². The lowest BCUT2D eigenvalue weighted by Gasteiger charge is -1.90. The van der Waals surface area contributed by atoms with Gasteiger partial charge in [-0.2, -0.15) is 0 Å². The summed E-state index contributed by atoms with van der Waals surface area (Å²) in [4.78, 5) is 0. The van der Waals surface area contributed by atoms with Crippen LogP contribution in [0, 0.1) is 0 Å². The van der Waals surface area contributed by atoms with Crippen molar-refractivity contribution in [2.45, 2.75) is 32.6 Å². The van der Waals surface area contributed by atoms with Gasteiger partial charge in [0.05, 0.1) is 0 Å². The lowest BCUT2D eigenvalue weighted by Crippen LogP contribution is -1.85. The lowest BCUT2D eigenvalue weighted by atomic mass is 10.2. The van der Waals surface area contributed by atoms with Gasteiger partial charge in [0.15, 0.2) is 0 Å². The highest BCUT2D eigenvalue weighted by molar-refractivity contribution is 5.97. The van der Waals surface area contributed by atoms with Crippen LogP contribution < -0.4 is 0 Å². The van der Waals surface area contributed by atoms with Gasteiger partial charge in [-0.3, -0.25) is 0 Å².